The standard InChI is InChI=1S/C14H13ClN2O4S/c1-2-16-14(20)17-10(18)7-21-13(19)12-11(15)8-5-3-4-6-9(8)22-12/h3-6H,2,7H2,1H3,(H2,16,17,18,20). The molecule has 6 nitrogen and oxygen atoms in total. The molecule has 116 valence electrons. The zero-order chi connectivity index (χ0) is 16.1. The van der Waals surface area contributed by atoms with Gasteiger partial charge in [-0.2, -0.15) is 0 Å². The summed E-state index contributed by atoms with van der Waals surface area (Å²) < 4.78 is 5.73. The van der Waals surface area contributed by atoms with E-state index in [-0.39, 0.29) is 4.88 Å². The molecule has 0 unspecified atom stereocenters. The molecule has 3 amide bonds. The van der Waals surface area contributed by atoms with Gasteiger partial charge in [-0.15, -0.1) is 11.3 Å². The number of hydrogen-bond donors (Lipinski definition) is 2. The number of ether oxygens (including phenoxy) is 1. The number of halogens is 1. The highest BCUT2D eigenvalue weighted by Crippen LogP contribution is 2.35. The molecule has 22 heavy (non-hydrogen) atoms. The summed E-state index contributed by atoms with van der Waals surface area (Å²) >= 11 is 7.33. The van der Waals surface area contributed by atoms with Gasteiger partial charge in [0, 0.05) is 16.6 Å². The van der Waals surface area contributed by atoms with Crippen LogP contribution in [0.5, 0.6) is 0 Å². The molecule has 2 N–H and O–H groups in total. The number of esters is 1. The number of hydrogen-bond acceptors (Lipinski definition) is 5. The smallest absolute Gasteiger partial charge is 0.350 e. The van der Waals surface area contributed by atoms with E-state index in [2.05, 4.69) is 5.32 Å². The summed E-state index contributed by atoms with van der Waals surface area (Å²) in [7, 11) is 0. The second-order valence-electron chi connectivity index (χ2n) is 4.23. The Kier molecular flexibility index (Phi) is 5.35. The molecule has 0 saturated heterocycles. The molecule has 1 aromatic carbocycles. The molecule has 0 atom stereocenters. The van der Waals surface area contributed by atoms with Gasteiger partial charge >= 0.3 is 12.0 Å². The van der Waals surface area contributed by atoms with E-state index in [0.29, 0.717) is 11.6 Å². The molecule has 0 aliphatic heterocycles. The molecule has 0 aliphatic carbocycles. The van der Waals surface area contributed by atoms with Crippen molar-refractivity contribution in [3.8, 4) is 0 Å². The first-order chi connectivity index (χ1) is 10.5. The SMILES string of the molecule is CCNC(=O)NC(=O)COC(=O)c1sc2ccccc2c1Cl. The first-order valence-corrected chi connectivity index (χ1v) is 7.64. The maximum Gasteiger partial charge on any atom is 0.350 e. The first-order valence-electron chi connectivity index (χ1n) is 6.44. The topological polar surface area (TPSA) is 84.5 Å². The van der Waals surface area contributed by atoms with Gasteiger partial charge in [0.1, 0.15) is 4.88 Å². The summed E-state index contributed by atoms with van der Waals surface area (Å²) in [5.41, 5.74) is 0. The van der Waals surface area contributed by atoms with Crippen LogP contribution < -0.4 is 10.6 Å². The molecule has 0 aliphatic rings. The van der Waals surface area contributed by atoms with E-state index in [0.717, 1.165) is 10.1 Å². The van der Waals surface area contributed by atoms with Gasteiger partial charge in [0.2, 0.25) is 0 Å². The van der Waals surface area contributed by atoms with Crippen LogP contribution >= 0.6 is 22.9 Å². The van der Waals surface area contributed by atoms with E-state index in [9.17, 15) is 14.4 Å². The molecule has 8 heteroatoms. The number of amides is 3. The zero-order valence-corrected chi connectivity index (χ0v) is 13.2. The predicted octanol–water partition coefficient (Wildman–Crippen LogP) is 2.56. The van der Waals surface area contributed by atoms with Crippen molar-refractivity contribution < 1.29 is 19.1 Å². The van der Waals surface area contributed by atoms with Gasteiger partial charge in [-0.1, -0.05) is 29.8 Å². The Balaban J connectivity index is 1.98. The van der Waals surface area contributed by atoms with Crippen molar-refractivity contribution in [3.63, 3.8) is 0 Å². The largest absolute Gasteiger partial charge is 0.451 e. The van der Waals surface area contributed by atoms with Crippen LogP contribution in [0.3, 0.4) is 0 Å². The third-order valence-corrected chi connectivity index (χ3v) is 4.30. The highest BCUT2D eigenvalue weighted by Gasteiger charge is 2.19. The Morgan fingerprint density at radius 2 is 2.00 bits per heavy atom. The summed E-state index contributed by atoms with van der Waals surface area (Å²) in [4.78, 5) is 34.8. The van der Waals surface area contributed by atoms with E-state index in [1.54, 1.807) is 13.0 Å². The van der Waals surface area contributed by atoms with Crippen molar-refractivity contribution in [2.75, 3.05) is 13.2 Å². The third kappa shape index (κ3) is 3.75. The number of thiophene rings is 1. The quantitative estimate of drug-likeness (QED) is 0.838. The normalized spacial score (nSPS) is 10.3. The average molecular weight is 341 g/mol. The van der Waals surface area contributed by atoms with Gasteiger partial charge in [-0.25, -0.2) is 9.59 Å². The molecular formula is C14H13ClN2O4S. The van der Waals surface area contributed by atoms with E-state index < -0.39 is 24.5 Å². The number of rotatable bonds is 4. The number of urea groups is 1. The molecule has 0 radical (unpaired) electrons. The van der Waals surface area contributed by atoms with Gasteiger partial charge in [0.25, 0.3) is 5.91 Å². The maximum atomic E-state index is 12.0. The monoisotopic (exact) mass is 340 g/mol. The summed E-state index contributed by atoms with van der Waals surface area (Å²) in [5.74, 6) is -1.41. The van der Waals surface area contributed by atoms with Crippen molar-refractivity contribution in [2.24, 2.45) is 0 Å². The van der Waals surface area contributed by atoms with Crippen LogP contribution in [-0.2, 0) is 9.53 Å². The summed E-state index contributed by atoms with van der Waals surface area (Å²) in [6, 6.07) is 6.65. The fraction of sp³-hybridized carbons (Fsp3) is 0.214. The molecule has 1 aromatic heterocycles. The fourth-order valence-corrected chi connectivity index (χ4v) is 3.11. The Labute approximate surface area is 135 Å². The number of carbonyl (C=O) groups is 3. The number of imide groups is 1. The van der Waals surface area contributed by atoms with Crippen molar-refractivity contribution >= 4 is 50.9 Å². The van der Waals surface area contributed by atoms with E-state index in [4.69, 9.17) is 16.3 Å². The van der Waals surface area contributed by atoms with Gasteiger partial charge in [0.15, 0.2) is 6.61 Å². The highest BCUT2D eigenvalue weighted by molar-refractivity contribution is 7.21. The van der Waals surface area contributed by atoms with Crippen LogP contribution in [0.15, 0.2) is 24.3 Å². The zero-order valence-electron chi connectivity index (χ0n) is 11.6. The summed E-state index contributed by atoms with van der Waals surface area (Å²) in [6.45, 7) is 1.55. The summed E-state index contributed by atoms with van der Waals surface area (Å²) in [6.07, 6.45) is 0. The van der Waals surface area contributed by atoms with E-state index >= 15 is 0 Å². The van der Waals surface area contributed by atoms with Gasteiger partial charge < -0.3 is 10.1 Å². The van der Waals surface area contributed by atoms with Gasteiger partial charge in [0.05, 0.1) is 5.02 Å². The van der Waals surface area contributed by atoms with Crippen LogP contribution in [0.2, 0.25) is 5.02 Å². The lowest BCUT2D eigenvalue weighted by molar-refractivity contribution is -0.123. The third-order valence-electron chi connectivity index (χ3n) is 2.64. The molecule has 2 rings (SSSR count). The van der Waals surface area contributed by atoms with Crippen molar-refractivity contribution in [1.82, 2.24) is 10.6 Å². The number of benzene rings is 1. The minimum absolute atomic E-state index is 0.230. The minimum Gasteiger partial charge on any atom is -0.451 e. The van der Waals surface area contributed by atoms with Gasteiger partial charge in [-0.05, 0) is 13.0 Å². The Bertz CT molecular complexity index is 729. The van der Waals surface area contributed by atoms with Crippen molar-refractivity contribution in [2.45, 2.75) is 6.92 Å². The second-order valence-corrected chi connectivity index (χ2v) is 5.66. The second kappa shape index (κ2) is 7.24. The fourth-order valence-electron chi connectivity index (χ4n) is 1.71. The maximum absolute atomic E-state index is 12.0. The summed E-state index contributed by atoms with van der Waals surface area (Å²) in [5, 5.41) is 5.48. The Morgan fingerprint density at radius 1 is 1.27 bits per heavy atom. The van der Waals surface area contributed by atoms with Crippen molar-refractivity contribution in [3.05, 3.63) is 34.2 Å². The molecule has 1 heterocycles. The lowest BCUT2D eigenvalue weighted by Crippen LogP contribution is -2.41. The molecule has 0 spiro atoms. The highest BCUT2D eigenvalue weighted by atomic mass is 35.5. The van der Waals surface area contributed by atoms with Crippen LogP contribution in [0.25, 0.3) is 10.1 Å². The minimum atomic E-state index is -0.712. The van der Waals surface area contributed by atoms with E-state index in [1.807, 2.05) is 23.5 Å². The van der Waals surface area contributed by atoms with Crippen LogP contribution in [0.4, 0.5) is 4.79 Å². The van der Waals surface area contributed by atoms with Gasteiger partial charge in [-0.3, -0.25) is 10.1 Å². The molecular weight excluding hydrogens is 328 g/mol. The first kappa shape index (κ1) is 16.3. The Morgan fingerprint density at radius 3 is 2.68 bits per heavy atom. The van der Waals surface area contributed by atoms with Crippen LogP contribution in [0, 0.1) is 0 Å². The number of carbonyl (C=O) groups excluding carboxylic acids is 3. The lowest BCUT2D eigenvalue weighted by atomic mass is 10.2. The van der Waals surface area contributed by atoms with Crippen molar-refractivity contribution in [1.29, 1.82) is 0 Å². The molecule has 0 bridgehead atoms. The van der Waals surface area contributed by atoms with Crippen LogP contribution in [-0.4, -0.2) is 31.1 Å². The number of nitrogens with one attached hydrogen (secondary N) is 2. The average Bonchev–Trinajstić information content (AvgIpc) is 2.83. The number of fused-ring (bicyclic) bond motifs is 1. The Hall–Kier alpha value is -2.12. The van der Waals surface area contributed by atoms with Crippen LogP contribution in [0.1, 0.15) is 16.6 Å². The lowest BCUT2D eigenvalue weighted by Gasteiger charge is -2.05. The van der Waals surface area contributed by atoms with E-state index in [1.165, 1.54) is 11.3 Å². The molecule has 0 fully saturated rings. The predicted molar refractivity (Wildman–Crippen MR) is 84.3 cm³/mol. The molecule has 0 saturated carbocycles. The molecule has 2 aromatic rings.